The van der Waals surface area contributed by atoms with Crippen LogP contribution in [0.2, 0.25) is 0 Å². The molecule has 2 aromatic rings. The van der Waals surface area contributed by atoms with Gasteiger partial charge in [-0.1, -0.05) is 48.0 Å². The Bertz CT molecular complexity index is 719. The Morgan fingerprint density at radius 2 is 1.83 bits per heavy atom. The van der Waals surface area contributed by atoms with Gasteiger partial charge in [0.15, 0.2) is 0 Å². The van der Waals surface area contributed by atoms with Crippen LogP contribution < -0.4 is 0 Å². The summed E-state index contributed by atoms with van der Waals surface area (Å²) < 4.78 is 1.02. The Kier molecular flexibility index (Phi) is 6.34. The first-order valence-electron chi connectivity index (χ1n) is 7.79. The van der Waals surface area contributed by atoms with Gasteiger partial charge in [-0.2, -0.15) is 0 Å². The van der Waals surface area contributed by atoms with Crippen LogP contribution in [0.5, 0.6) is 5.75 Å². The summed E-state index contributed by atoms with van der Waals surface area (Å²) in [6, 6.07) is 12.1. The number of nitrogens with zero attached hydrogens (tertiary/aromatic N) is 2. The van der Waals surface area contributed by atoms with Crippen LogP contribution in [0.3, 0.4) is 0 Å². The molecule has 0 spiro atoms. The highest BCUT2D eigenvalue weighted by Crippen LogP contribution is 2.26. The van der Waals surface area contributed by atoms with Crippen LogP contribution in [0.1, 0.15) is 25.0 Å². The quantitative estimate of drug-likeness (QED) is 0.546. The molecule has 0 aliphatic heterocycles. The molecule has 0 bridgehead atoms. The third-order valence-corrected chi connectivity index (χ3v) is 4.40. The number of phenolic OH excluding ortho intramolecular Hbond substituents is 1. The monoisotopic (exact) mass is 392 g/mol. The van der Waals surface area contributed by atoms with Gasteiger partial charge in [0, 0.05) is 35.7 Å². The van der Waals surface area contributed by atoms with E-state index in [1.165, 1.54) is 18.2 Å². The van der Waals surface area contributed by atoms with Gasteiger partial charge >= 0.3 is 0 Å². The molecule has 0 fully saturated rings. The summed E-state index contributed by atoms with van der Waals surface area (Å²) in [5.74, 6) is 0.463. The van der Waals surface area contributed by atoms with Crippen LogP contribution in [0.4, 0.5) is 5.69 Å². The molecule has 6 heteroatoms. The van der Waals surface area contributed by atoms with E-state index in [1.807, 2.05) is 24.3 Å². The average Bonchev–Trinajstić information content (AvgIpc) is 2.48. The van der Waals surface area contributed by atoms with Gasteiger partial charge < -0.3 is 5.11 Å². The molecule has 0 aliphatic rings. The van der Waals surface area contributed by atoms with Gasteiger partial charge in [0.1, 0.15) is 5.75 Å². The Morgan fingerprint density at radius 3 is 2.46 bits per heavy atom. The van der Waals surface area contributed by atoms with E-state index >= 15 is 0 Å². The first-order valence-corrected chi connectivity index (χ1v) is 8.58. The zero-order valence-electron chi connectivity index (χ0n) is 13.8. The number of aromatic hydroxyl groups is 1. The van der Waals surface area contributed by atoms with Crippen molar-refractivity contribution >= 4 is 21.6 Å². The molecular weight excluding hydrogens is 372 g/mol. The van der Waals surface area contributed by atoms with E-state index in [4.69, 9.17) is 0 Å². The molecule has 0 saturated heterocycles. The molecule has 1 N–H and O–H groups in total. The van der Waals surface area contributed by atoms with Gasteiger partial charge in [0.25, 0.3) is 5.69 Å². The van der Waals surface area contributed by atoms with E-state index in [0.717, 1.165) is 16.6 Å². The average molecular weight is 393 g/mol. The predicted molar refractivity (Wildman–Crippen MR) is 97.9 cm³/mol. The van der Waals surface area contributed by atoms with Gasteiger partial charge in [-0.3, -0.25) is 15.0 Å². The maximum absolute atomic E-state index is 11.2. The molecule has 0 aliphatic carbocycles. The van der Waals surface area contributed by atoms with Crippen LogP contribution in [0, 0.1) is 16.0 Å². The van der Waals surface area contributed by atoms with E-state index in [0.29, 0.717) is 24.6 Å². The molecule has 0 amide bonds. The fraction of sp³-hybridized carbons (Fsp3) is 0.333. The summed E-state index contributed by atoms with van der Waals surface area (Å²) in [6.45, 7) is 6.11. The highest BCUT2D eigenvalue weighted by atomic mass is 79.9. The normalized spacial score (nSPS) is 11.2. The molecule has 128 valence electrons. The van der Waals surface area contributed by atoms with Crippen molar-refractivity contribution in [2.24, 2.45) is 5.92 Å². The third-order valence-electron chi connectivity index (χ3n) is 3.63. The Labute approximate surface area is 150 Å². The van der Waals surface area contributed by atoms with Gasteiger partial charge in [-0.05, 0) is 29.7 Å². The number of hydrogen-bond acceptors (Lipinski definition) is 4. The minimum atomic E-state index is -0.402. The Balaban J connectivity index is 2.28. The molecule has 0 heterocycles. The Morgan fingerprint density at radius 1 is 1.17 bits per heavy atom. The van der Waals surface area contributed by atoms with E-state index in [9.17, 15) is 15.2 Å². The fourth-order valence-electron chi connectivity index (χ4n) is 2.69. The third kappa shape index (κ3) is 5.04. The van der Waals surface area contributed by atoms with Crippen LogP contribution in [0.25, 0.3) is 0 Å². The summed E-state index contributed by atoms with van der Waals surface area (Å²) in [5, 5.41) is 20.9. The zero-order chi connectivity index (χ0) is 17.7. The van der Waals surface area contributed by atoms with Crippen LogP contribution >= 0.6 is 15.9 Å². The number of benzene rings is 2. The number of nitro benzene ring substituents is 1. The molecular formula is C18H21BrN2O3. The van der Waals surface area contributed by atoms with Gasteiger partial charge in [0.05, 0.1) is 4.92 Å². The van der Waals surface area contributed by atoms with Crippen molar-refractivity contribution in [3.8, 4) is 5.75 Å². The lowest BCUT2D eigenvalue weighted by atomic mass is 10.1. The van der Waals surface area contributed by atoms with E-state index < -0.39 is 4.92 Å². The van der Waals surface area contributed by atoms with Crippen molar-refractivity contribution in [1.29, 1.82) is 0 Å². The minimum Gasteiger partial charge on any atom is -0.508 e. The Hall–Kier alpha value is -1.92. The second-order valence-electron chi connectivity index (χ2n) is 6.23. The largest absolute Gasteiger partial charge is 0.508 e. The van der Waals surface area contributed by atoms with E-state index in [2.05, 4.69) is 34.7 Å². The lowest BCUT2D eigenvalue weighted by Crippen LogP contribution is -2.27. The number of rotatable bonds is 7. The number of hydrogen-bond donors (Lipinski definition) is 1. The number of nitro groups is 1. The molecule has 2 rings (SSSR count). The smallest absolute Gasteiger partial charge is 0.274 e. The summed E-state index contributed by atoms with van der Waals surface area (Å²) in [5.41, 5.74) is 1.68. The molecule has 0 aromatic heterocycles. The highest BCUT2D eigenvalue weighted by Gasteiger charge is 2.18. The molecule has 0 saturated carbocycles. The van der Waals surface area contributed by atoms with Crippen LogP contribution in [-0.4, -0.2) is 21.5 Å². The van der Waals surface area contributed by atoms with E-state index in [1.54, 1.807) is 0 Å². The highest BCUT2D eigenvalue weighted by molar-refractivity contribution is 9.10. The van der Waals surface area contributed by atoms with Crippen molar-refractivity contribution in [2.45, 2.75) is 26.9 Å². The zero-order valence-corrected chi connectivity index (χ0v) is 15.4. The van der Waals surface area contributed by atoms with Gasteiger partial charge in [-0.25, -0.2) is 0 Å². The SMILES string of the molecule is CC(C)CN(Cc1ccccc1Br)Cc1cc(O)ccc1[N+](=O)[O-]. The fourth-order valence-corrected chi connectivity index (χ4v) is 3.10. The summed E-state index contributed by atoms with van der Waals surface area (Å²) in [4.78, 5) is 13.0. The van der Waals surface area contributed by atoms with Crippen LogP contribution in [0.15, 0.2) is 46.9 Å². The van der Waals surface area contributed by atoms with Crippen molar-refractivity contribution in [1.82, 2.24) is 4.90 Å². The second-order valence-corrected chi connectivity index (χ2v) is 7.08. The lowest BCUT2D eigenvalue weighted by molar-refractivity contribution is -0.385. The van der Waals surface area contributed by atoms with Crippen molar-refractivity contribution < 1.29 is 10.0 Å². The number of phenols is 1. The van der Waals surface area contributed by atoms with Crippen molar-refractivity contribution in [2.75, 3.05) is 6.54 Å². The topological polar surface area (TPSA) is 66.6 Å². The minimum absolute atomic E-state index is 0.0358. The summed E-state index contributed by atoms with van der Waals surface area (Å²) in [7, 11) is 0. The summed E-state index contributed by atoms with van der Waals surface area (Å²) >= 11 is 3.55. The molecule has 0 atom stereocenters. The first kappa shape index (κ1) is 18.4. The van der Waals surface area contributed by atoms with Crippen molar-refractivity contribution in [3.05, 3.63) is 68.2 Å². The molecule has 0 unspecified atom stereocenters. The van der Waals surface area contributed by atoms with Crippen LogP contribution in [-0.2, 0) is 13.1 Å². The van der Waals surface area contributed by atoms with E-state index in [-0.39, 0.29) is 11.4 Å². The molecule has 24 heavy (non-hydrogen) atoms. The molecule has 5 nitrogen and oxygen atoms in total. The summed E-state index contributed by atoms with van der Waals surface area (Å²) in [6.07, 6.45) is 0. The predicted octanol–water partition coefficient (Wildman–Crippen LogP) is 4.72. The number of halogens is 1. The van der Waals surface area contributed by atoms with Gasteiger partial charge in [0.2, 0.25) is 0 Å². The first-order chi connectivity index (χ1) is 11.4. The molecule has 0 radical (unpaired) electrons. The maximum atomic E-state index is 11.2. The maximum Gasteiger partial charge on any atom is 0.274 e. The second kappa shape index (κ2) is 8.26. The lowest BCUT2D eigenvalue weighted by Gasteiger charge is -2.25. The standard InChI is InChI=1S/C18H21BrN2O3/c1-13(2)10-20(11-14-5-3-4-6-17(14)19)12-15-9-16(22)7-8-18(15)21(23)24/h3-9,13,22H,10-12H2,1-2H3. The molecule has 2 aromatic carbocycles. The van der Waals surface area contributed by atoms with Crippen molar-refractivity contribution in [3.63, 3.8) is 0 Å². The van der Waals surface area contributed by atoms with Gasteiger partial charge in [-0.15, -0.1) is 0 Å².